The summed E-state index contributed by atoms with van der Waals surface area (Å²) in [6, 6.07) is 7.45. The van der Waals surface area contributed by atoms with Crippen molar-refractivity contribution in [3.8, 4) is 0 Å². The van der Waals surface area contributed by atoms with Crippen molar-refractivity contribution in [1.29, 1.82) is 0 Å². The van der Waals surface area contributed by atoms with E-state index in [1.165, 1.54) is 0 Å². The first-order chi connectivity index (χ1) is 10.0. The van der Waals surface area contributed by atoms with Crippen LogP contribution in [0.5, 0.6) is 0 Å². The molecule has 4 nitrogen and oxygen atoms in total. The van der Waals surface area contributed by atoms with E-state index in [1.54, 1.807) is 6.07 Å². The summed E-state index contributed by atoms with van der Waals surface area (Å²) in [5.74, 6) is -0.884. The summed E-state index contributed by atoms with van der Waals surface area (Å²) in [4.78, 5) is 23.4. The number of carbonyl (C=O) groups excluding carboxylic acids is 1. The first kappa shape index (κ1) is 15.5. The third kappa shape index (κ3) is 4.06. The highest BCUT2D eigenvalue weighted by Gasteiger charge is 2.34. The largest absolute Gasteiger partial charge is 0.481 e. The lowest BCUT2D eigenvalue weighted by atomic mass is 9.71. The lowest BCUT2D eigenvalue weighted by molar-refractivity contribution is -0.140. The number of aliphatic carboxylic acids is 1. The number of carboxylic acid groups (broad SMARTS) is 1. The zero-order valence-electron chi connectivity index (χ0n) is 12.5. The summed E-state index contributed by atoms with van der Waals surface area (Å²) in [6.07, 6.45) is 5.16. The Morgan fingerprint density at radius 3 is 2.48 bits per heavy atom. The van der Waals surface area contributed by atoms with Crippen LogP contribution in [0.1, 0.15) is 54.4 Å². The summed E-state index contributed by atoms with van der Waals surface area (Å²) in [5.41, 5.74) is 1.33. The highest BCUT2D eigenvalue weighted by atomic mass is 16.4. The quantitative estimate of drug-likeness (QED) is 0.875. The van der Waals surface area contributed by atoms with Crippen molar-refractivity contribution in [1.82, 2.24) is 5.32 Å². The molecule has 0 saturated heterocycles. The minimum absolute atomic E-state index is 0.108. The van der Waals surface area contributed by atoms with Crippen molar-refractivity contribution in [2.24, 2.45) is 5.41 Å². The maximum atomic E-state index is 12.3. The number of benzene rings is 1. The molecule has 114 valence electrons. The van der Waals surface area contributed by atoms with Crippen LogP contribution in [0.3, 0.4) is 0 Å². The van der Waals surface area contributed by atoms with Crippen molar-refractivity contribution < 1.29 is 14.7 Å². The van der Waals surface area contributed by atoms with Crippen molar-refractivity contribution in [2.45, 2.75) is 45.4 Å². The highest BCUT2D eigenvalue weighted by molar-refractivity contribution is 5.95. The Kier molecular flexibility index (Phi) is 4.99. The number of carbonyl (C=O) groups is 2. The van der Waals surface area contributed by atoms with Crippen molar-refractivity contribution in [2.75, 3.05) is 6.54 Å². The van der Waals surface area contributed by atoms with Crippen LogP contribution >= 0.6 is 0 Å². The van der Waals surface area contributed by atoms with Crippen LogP contribution in [0.25, 0.3) is 0 Å². The van der Waals surface area contributed by atoms with Gasteiger partial charge in [0.25, 0.3) is 5.91 Å². The van der Waals surface area contributed by atoms with Crippen molar-refractivity contribution in [3.63, 3.8) is 0 Å². The van der Waals surface area contributed by atoms with E-state index in [0.29, 0.717) is 12.1 Å². The molecule has 1 saturated carbocycles. The first-order valence-electron chi connectivity index (χ1n) is 7.58. The Morgan fingerprint density at radius 1 is 1.19 bits per heavy atom. The second-order valence-corrected chi connectivity index (χ2v) is 6.13. The second kappa shape index (κ2) is 6.74. The fourth-order valence-corrected chi connectivity index (χ4v) is 3.23. The molecule has 0 atom stereocenters. The molecule has 0 radical (unpaired) electrons. The zero-order chi connectivity index (χ0) is 15.3. The molecule has 2 N–H and O–H groups in total. The molecule has 0 aromatic heterocycles. The molecule has 1 aromatic rings. The van der Waals surface area contributed by atoms with Crippen molar-refractivity contribution >= 4 is 11.9 Å². The van der Waals surface area contributed by atoms with Crippen LogP contribution in [-0.2, 0) is 4.79 Å². The standard InChI is InChI=1S/C17H23NO3/c1-13-7-3-4-8-14(13)16(21)18-12-17(11-15(19)20)9-5-2-6-10-17/h3-4,7-8H,2,5-6,9-12H2,1H3,(H,18,21)(H,19,20). The number of hydrogen-bond donors (Lipinski definition) is 2. The molecule has 0 unspecified atom stereocenters. The van der Waals surface area contributed by atoms with E-state index in [0.717, 1.165) is 37.7 Å². The maximum absolute atomic E-state index is 12.3. The van der Waals surface area contributed by atoms with Gasteiger partial charge >= 0.3 is 5.97 Å². The molecular weight excluding hydrogens is 266 g/mol. The van der Waals surface area contributed by atoms with Gasteiger partial charge in [-0.1, -0.05) is 37.5 Å². The number of hydrogen-bond acceptors (Lipinski definition) is 2. The van der Waals surface area contributed by atoms with Gasteiger partial charge in [0.15, 0.2) is 0 Å². The number of aryl methyl sites for hydroxylation is 1. The summed E-state index contributed by atoms with van der Waals surface area (Å²) < 4.78 is 0. The van der Waals surface area contributed by atoms with Gasteiger partial charge in [-0.3, -0.25) is 9.59 Å². The smallest absolute Gasteiger partial charge is 0.303 e. The van der Waals surface area contributed by atoms with Crippen LogP contribution in [0, 0.1) is 12.3 Å². The number of nitrogens with one attached hydrogen (secondary N) is 1. The molecule has 4 heteroatoms. The second-order valence-electron chi connectivity index (χ2n) is 6.13. The molecule has 0 aliphatic heterocycles. The van der Waals surface area contributed by atoms with Crippen LogP contribution in [0.4, 0.5) is 0 Å². The average molecular weight is 289 g/mol. The fourth-order valence-electron chi connectivity index (χ4n) is 3.23. The van der Waals surface area contributed by atoms with Crippen LogP contribution in [-0.4, -0.2) is 23.5 Å². The van der Waals surface area contributed by atoms with Crippen LogP contribution < -0.4 is 5.32 Å². The van der Waals surface area contributed by atoms with Gasteiger partial charge < -0.3 is 10.4 Å². The van der Waals surface area contributed by atoms with Crippen LogP contribution in [0.15, 0.2) is 24.3 Å². The summed E-state index contributed by atoms with van der Waals surface area (Å²) in [5, 5.41) is 12.1. The van der Waals surface area contributed by atoms with Gasteiger partial charge in [0.2, 0.25) is 0 Å². The normalized spacial score (nSPS) is 17.2. The SMILES string of the molecule is Cc1ccccc1C(=O)NCC1(CC(=O)O)CCCCC1. The summed E-state index contributed by atoms with van der Waals surface area (Å²) in [7, 11) is 0. The maximum Gasteiger partial charge on any atom is 0.303 e. The van der Waals surface area contributed by atoms with Gasteiger partial charge in [-0.05, 0) is 36.8 Å². The minimum Gasteiger partial charge on any atom is -0.481 e. The Labute approximate surface area is 125 Å². The Balaban J connectivity index is 2.03. The highest BCUT2D eigenvalue weighted by Crippen LogP contribution is 2.38. The molecule has 1 aromatic carbocycles. The van der Waals surface area contributed by atoms with E-state index < -0.39 is 5.97 Å². The van der Waals surface area contributed by atoms with E-state index in [-0.39, 0.29) is 17.7 Å². The summed E-state index contributed by atoms with van der Waals surface area (Å²) >= 11 is 0. The number of rotatable bonds is 5. The lowest BCUT2D eigenvalue weighted by Gasteiger charge is -2.36. The first-order valence-corrected chi connectivity index (χ1v) is 7.58. The Hall–Kier alpha value is -1.84. The molecule has 1 amide bonds. The predicted molar refractivity (Wildman–Crippen MR) is 81.3 cm³/mol. The van der Waals surface area contributed by atoms with Gasteiger partial charge in [0, 0.05) is 12.1 Å². The summed E-state index contributed by atoms with van der Waals surface area (Å²) in [6.45, 7) is 2.36. The number of carboxylic acids is 1. The van der Waals surface area contributed by atoms with E-state index in [9.17, 15) is 9.59 Å². The minimum atomic E-state index is -0.776. The van der Waals surface area contributed by atoms with E-state index in [1.807, 2.05) is 25.1 Å². The van der Waals surface area contributed by atoms with Gasteiger partial charge in [0.05, 0.1) is 6.42 Å². The molecule has 1 fully saturated rings. The van der Waals surface area contributed by atoms with E-state index in [2.05, 4.69) is 5.32 Å². The fraction of sp³-hybridized carbons (Fsp3) is 0.529. The molecule has 0 heterocycles. The molecule has 2 rings (SSSR count). The van der Waals surface area contributed by atoms with Gasteiger partial charge in [-0.2, -0.15) is 0 Å². The molecule has 0 spiro atoms. The van der Waals surface area contributed by atoms with Gasteiger partial charge in [-0.15, -0.1) is 0 Å². The molecule has 1 aliphatic carbocycles. The molecular formula is C17H23NO3. The predicted octanol–water partition coefficient (Wildman–Crippen LogP) is 3.15. The van der Waals surface area contributed by atoms with Crippen molar-refractivity contribution in [3.05, 3.63) is 35.4 Å². The third-order valence-electron chi connectivity index (χ3n) is 4.45. The molecule has 21 heavy (non-hydrogen) atoms. The van der Waals surface area contributed by atoms with Gasteiger partial charge in [-0.25, -0.2) is 0 Å². The lowest BCUT2D eigenvalue weighted by Crippen LogP contribution is -2.40. The monoisotopic (exact) mass is 289 g/mol. The van der Waals surface area contributed by atoms with E-state index in [4.69, 9.17) is 5.11 Å². The Bertz CT molecular complexity index is 519. The van der Waals surface area contributed by atoms with Crippen LogP contribution in [0.2, 0.25) is 0 Å². The Morgan fingerprint density at radius 2 is 1.86 bits per heavy atom. The van der Waals surface area contributed by atoms with E-state index >= 15 is 0 Å². The molecule has 0 bridgehead atoms. The third-order valence-corrected chi connectivity index (χ3v) is 4.45. The zero-order valence-corrected chi connectivity index (χ0v) is 12.5. The average Bonchev–Trinajstić information content (AvgIpc) is 2.46. The van der Waals surface area contributed by atoms with Gasteiger partial charge in [0.1, 0.15) is 0 Å². The topological polar surface area (TPSA) is 66.4 Å². The number of amides is 1. The molecule has 1 aliphatic rings.